The van der Waals surface area contributed by atoms with Gasteiger partial charge < -0.3 is 10.8 Å². The van der Waals surface area contributed by atoms with Gasteiger partial charge in [0, 0.05) is 22.8 Å². The maximum Gasteiger partial charge on any atom is 0.346 e. The molecule has 0 aliphatic carbocycles. The molecule has 0 spiro atoms. The van der Waals surface area contributed by atoms with Gasteiger partial charge in [-0.2, -0.15) is 0 Å². The molecular formula is C14H10N2O2S. The summed E-state index contributed by atoms with van der Waals surface area (Å²) in [5.74, 6) is -0.935. The number of nitrogen functional groups attached to an aromatic ring is 1. The van der Waals surface area contributed by atoms with E-state index in [4.69, 9.17) is 5.73 Å². The summed E-state index contributed by atoms with van der Waals surface area (Å²) in [4.78, 5) is 16.6. The van der Waals surface area contributed by atoms with Gasteiger partial charge in [0.25, 0.3) is 0 Å². The highest BCUT2D eigenvalue weighted by molar-refractivity contribution is 7.21. The van der Waals surface area contributed by atoms with Crippen molar-refractivity contribution >= 4 is 33.2 Å². The molecule has 1 aromatic carbocycles. The van der Waals surface area contributed by atoms with Crippen LogP contribution in [0, 0.1) is 0 Å². The standard InChI is InChI=1S/C14H10N2O2S/c15-9-5-3-8(4-6-9)11-10-2-1-7-16-13(10)19-12(11)14(17)18/h1-7H,15H2,(H,17,18). The normalized spacial score (nSPS) is 10.7. The molecule has 0 unspecified atom stereocenters. The van der Waals surface area contributed by atoms with Crippen LogP contribution < -0.4 is 5.73 Å². The summed E-state index contributed by atoms with van der Waals surface area (Å²) < 4.78 is 0. The highest BCUT2D eigenvalue weighted by Gasteiger charge is 2.19. The van der Waals surface area contributed by atoms with Crippen LogP contribution >= 0.6 is 11.3 Å². The SMILES string of the molecule is Nc1ccc(-c2c(C(=O)O)sc3ncccc23)cc1. The van der Waals surface area contributed by atoms with Crippen LogP contribution in [0.4, 0.5) is 5.69 Å². The minimum atomic E-state index is -0.935. The summed E-state index contributed by atoms with van der Waals surface area (Å²) in [5.41, 5.74) is 7.86. The lowest BCUT2D eigenvalue weighted by molar-refractivity contribution is 0.0703. The van der Waals surface area contributed by atoms with E-state index in [1.54, 1.807) is 18.3 Å². The highest BCUT2D eigenvalue weighted by Crippen LogP contribution is 2.37. The number of fused-ring (bicyclic) bond motifs is 1. The van der Waals surface area contributed by atoms with Crippen molar-refractivity contribution in [3.8, 4) is 11.1 Å². The number of carbonyl (C=O) groups is 1. The van der Waals surface area contributed by atoms with Crippen LogP contribution in [0.2, 0.25) is 0 Å². The van der Waals surface area contributed by atoms with Crippen LogP contribution in [0.25, 0.3) is 21.3 Å². The van der Waals surface area contributed by atoms with E-state index in [9.17, 15) is 9.90 Å². The number of rotatable bonds is 2. The third-order valence-corrected chi connectivity index (χ3v) is 3.96. The lowest BCUT2D eigenvalue weighted by atomic mass is 10.0. The maximum absolute atomic E-state index is 11.4. The number of aromatic carboxylic acids is 1. The Bertz CT molecular complexity index is 763. The highest BCUT2D eigenvalue weighted by atomic mass is 32.1. The number of benzene rings is 1. The maximum atomic E-state index is 11.4. The molecule has 3 N–H and O–H groups in total. The van der Waals surface area contributed by atoms with Crippen LogP contribution in [0.5, 0.6) is 0 Å². The molecule has 5 heteroatoms. The van der Waals surface area contributed by atoms with E-state index in [1.165, 1.54) is 11.3 Å². The number of hydrogen-bond acceptors (Lipinski definition) is 4. The molecule has 0 fully saturated rings. The second-order valence-electron chi connectivity index (χ2n) is 4.09. The number of anilines is 1. The Hall–Kier alpha value is -2.40. The van der Waals surface area contributed by atoms with Crippen molar-refractivity contribution in [3.05, 3.63) is 47.5 Å². The van der Waals surface area contributed by atoms with Crippen molar-refractivity contribution in [2.24, 2.45) is 0 Å². The van der Waals surface area contributed by atoms with Crippen molar-refractivity contribution in [1.29, 1.82) is 0 Å². The van der Waals surface area contributed by atoms with Gasteiger partial charge >= 0.3 is 5.97 Å². The fourth-order valence-electron chi connectivity index (χ4n) is 2.02. The zero-order valence-electron chi connectivity index (χ0n) is 9.83. The molecule has 0 amide bonds. The number of pyridine rings is 1. The van der Waals surface area contributed by atoms with Gasteiger partial charge in [-0.25, -0.2) is 9.78 Å². The van der Waals surface area contributed by atoms with Gasteiger partial charge in [-0.15, -0.1) is 11.3 Å². The first kappa shape index (κ1) is 11.7. The Morgan fingerprint density at radius 1 is 1.21 bits per heavy atom. The number of nitrogens with two attached hydrogens (primary N) is 1. The van der Waals surface area contributed by atoms with E-state index < -0.39 is 5.97 Å². The Morgan fingerprint density at radius 2 is 1.95 bits per heavy atom. The van der Waals surface area contributed by atoms with Gasteiger partial charge in [0.1, 0.15) is 9.71 Å². The van der Waals surface area contributed by atoms with Crippen molar-refractivity contribution in [2.45, 2.75) is 0 Å². The van der Waals surface area contributed by atoms with Gasteiger partial charge in [-0.05, 0) is 29.8 Å². The van der Waals surface area contributed by atoms with Crippen molar-refractivity contribution in [1.82, 2.24) is 4.98 Å². The van der Waals surface area contributed by atoms with E-state index >= 15 is 0 Å². The third-order valence-electron chi connectivity index (χ3n) is 2.86. The van der Waals surface area contributed by atoms with Crippen LogP contribution in [0.3, 0.4) is 0 Å². The van der Waals surface area contributed by atoms with E-state index in [1.807, 2.05) is 24.3 Å². The molecule has 2 heterocycles. The largest absolute Gasteiger partial charge is 0.477 e. The zero-order chi connectivity index (χ0) is 13.4. The molecule has 2 aromatic heterocycles. The number of thiophene rings is 1. The van der Waals surface area contributed by atoms with Gasteiger partial charge in [0.05, 0.1) is 0 Å². The second kappa shape index (κ2) is 4.37. The number of carboxylic acid groups (broad SMARTS) is 1. The molecule has 0 aliphatic rings. The fraction of sp³-hybridized carbons (Fsp3) is 0. The quantitative estimate of drug-likeness (QED) is 0.701. The molecule has 0 saturated carbocycles. The summed E-state index contributed by atoms with van der Waals surface area (Å²) in [6.07, 6.45) is 1.66. The van der Waals surface area contributed by atoms with E-state index in [-0.39, 0.29) is 0 Å². The molecule has 94 valence electrons. The third kappa shape index (κ3) is 1.94. The molecule has 0 saturated heterocycles. The molecule has 0 radical (unpaired) electrons. The Balaban J connectivity index is 2.34. The molecule has 19 heavy (non-hydrogen) atoms. The van der Waals surface area contributed by atoms with Crippen molar-refractivity contribution in [2.75, 3.05) is 5.73 Å². The van der Waals surface area contributed by atoms with Crippen molar-refractivity contribution in [3.63, 3.8) is 0 Å². The lowest BCUT2D eigenvalue weighted by Gasteiger charge is -2.02. The summed E-state index contributed by atoms with van der Waals surface area (Å²) >= 11 is 1.19. The van der Waals surface area contributed by atoms with Crippen LogP contribution in [0.1, 0.15) is 9.67 Å². The molecule has 3 rings (SSSR count). The molecule has 0 atom stereocenters. The average Bonchev–Trinajstić information content (AvgIpc) is 2.79. The van der Waals surface area contributed by atoms with Gasteiger partial charge in [-0.3, -0.25) is 0 Å². The van der Waals surface area contributed by atoms with Crippen LogP contribution in [-0.2, 0) is 0 Å². The van der Waals surface area contributed by atoms with Gasteiger partial charge in [0.15, 0.2) is 0 Å². The minimum absolute atomic E-state index is 0.304. The smallest absolute Gasteiger partial charge is 0.346 e. The molecule has 0 aliphatic heterocycles. The average molecular weight is 270 g/mol. The van der Waals surface area contributed by atoms with E-state index in [0.717, 1.165) is 15.8 Å². The predicted molar refractivity (Wildman–Crippen MR) is 76.4 cm³/mol. The second-order valence-corrected chi connectivity index (χ2v) is 5.09. The summed E-state index contributed by atoms with van der Waals surface area (Å²) in [6.45, 7) is 0. The summed E-state index contributed by atoms with van der Waals surface area (Å²) in [5, 5.41) is 10.2. The number of aromatic nitrogens is 1. The van der Waals surface area contributed by atoms with Gasteiger partial charge in [-0.1, -0.05) is 12.1 Å². The first-order valence-electron chi connectivity index (χ1n) is 5.63. The first-order chi connectivity index (χ1) is 9.16. The number of nitrogens with zero attached hydrogens (tertiary/aromatic N) is 1. The minimum Gasteiger partial charge on any atom is -0.477 e. The molecular weight excluding hydrogens is 260 g/mol. The Morgan fingerprint density at radius 3 is 2.63 bits per heavy atom. The lowest BCUT2D eigenvalue weighted by Crippen LogP contribution is -1.94. The first-order valence-corrected chi connectivity index (χ1v) is 6.45. The topological polar surface area (TPSA) is 76.2 Å². The fourth-order valence-corrected chi connectivity index (χ4v) is 3.02. The summed E-state index contributed by atoms with van der Waals surface area (Å²) in [7, 11) is 0. The van der Waals surface area contributed by atoms with E-state index in [0.29, 0.717) is 16.1 Å². The number of carboxylic acids is 1. The van der Waals surface area contributed by atoms with E-state index in [2.05, 4.69) is 4.98 Å². The van der Waals surface area contributed by atoms with Crippen LogP contribution in [-0.4, -0.2) is 16.1 Å². The van der Waals surface area contributed by atoms with Crippen LogP contribution in [0.15, 0.2) is 42.6 Å². The monoisotopic (exact) mass is 270 g/mol. The Kier molecular flexibility index (Phi) is 2.68. The molecule has 0 bridgehead atoms. The Labute approximate surface area is 113 Å². The van der Waals surface area contributed by atoms with Gasteiger partial charge in [0.2, 0.25) is 0 Å². The predicted octanol–water partition coefficient (Wildman–Crippen LogP) is 3.24. The molecule has 4 nitrogen and oxygen atoms in total. The molecule has 3 aromatic rings. The number of hydrogen-bond donors (Lipinski definition) is 2. The summed E-state index contributed by atoms with van der Waals surface area (Å²) in [6, 6.07) is 10.9. The van der Waals surface area contributed by atoms with Crippen molar-refractivity contribution < 1.29 is 9.90 Å². The zero-order valence-corrected chi connectivity index (χ0v) is 10.6.